The summed E-state index contributed by atoms with van der Waals surface area (Å²) >= 11 is 1.93. The molecule has 1 unspecified atom stereocenters. The molecule has 4 heteroatoms. The van der Waals surface area contributed by atoms with Gasteiger partial charge in [-0.05, 0) is 19.8 Å². The lowest BCUT2D eigenvalue weighted by Crippen LogP contribution is -2.42. The summed E-state index contributed by atoms with van der Waals surface area (Å²) in [6, 6.07) is 0.483. The van der Waals surface area contributed by atoms with Crippen molar-refractivity contribution in [1.29, 1.82) is 0 Å². The molecule has 0 spiro atoms. The van der Waals surface area contributed by atoms with E-state index in [0.29, 0.717) is 6.04 Å². The van der Waals surface area contributed by atoms with Gasteiger partial charge in [-0.25, -0.2) is 4.98 Å². The van der Waals surface area contributed by atoms with Crippen LogP contribution in [0.25, 0.3) is 0 Å². The van der Waals surface area contributed by atoms with Gasteiger partial charge in [0.15, 0.2) is 0 Å². The number of hydrogen-bond acceptors (Lipinski definition) is 4. The number of ether oxygens (including phenoxy) is 1. The van der Waals surface area contributed by atoms with E-state index < -0.39 is 0 Å². The molecule has 1 aromatic rings. The molecule has 1 atom stereocenters. The van der Waals surface area contributed by atoms with Crippen LogP contribution < -0.4 is 5.32 Å². The van der Waals surface area contributed by atoms with Gasteiger partial charge in [-0.1, -0.05) is 6.42 Å². The molecule has 3 rings (SSSR count). The van der Waals surface area contributed by atoms with Crippen LogP contribution in [-0.4, -0.2) is 30.8 Å². The summed E-state index contributed by atoms with van der Waals surface area (Å²) in [7, 11) is 0. The summed E-state index contributed by atoms with van der Waals surface area (Å²) in [6.07, 6.45) is 5.15. The monoisotopic (exact) mass is 252 g/mol. The quantitative estimate of drug-likeness (QED) is 0.896. The van der Waals surface area contributed by atoms with Gasteiger partial charge in [0.1, 0.15) is 0 Å². The van der Waals surface area contributed by atoms with Crippen molar-refractivity contribution in [3.63, 3.8) is 0 Å². The standard InChI is InChI=1S/C13H20N2OS/c1-9-12(7-11-8-16-6-5-14-11)17-13(15-9)10-3-2-4-10/h10-11,14H,2-8H2,1H3. The van der Waals surface area contributed by atoms with Crippen LogP contribution >= 0.6 is 11.3 Å². The third kappa shape index (κ3) is 2.54. The largest absolute Gasteiger partial charge is 0.379 e. The highest BCUT2D eigenvalue weighted by Crippen LogP contribution is 2.39. The maximum absolute atomic E-state index is 5.50. The van der Waals surface area contributed by atoms with E-state index in [2.05, 4.69) is 12.2 Å². The smallest absolute Gasteiger partial charge is 0.0961 e. The van der Waals surface area contributed by atoms with Crippen LogP contribution in [0.2, 0.25) is 0 Å². The number of thiazole rings is 1. The third-order valence-electron chi connectivity index (χ3n) is 3.79. The van der Waals surface area contributed by atoms with Gasteiger partial charge in [-0.15, -0.1) is 11.3 Å². The Morgan fingerprint density at radius 3 is 3.00 bits per heavy atom. The molecule has 0 aromatic carbocycles. The summed E-state index contributed by atoms with van der Waals surface area (Å²) in [4.78, 5) is 6.20. The van der Waals surface area contributed by atoms with Gasteiger partial charge in [-0.2, -0.15) is 0 Å². The first kappa shape index (κ1) is 11.6. The van der Waals surface area contributed by atoms with Gasteiger partial charge in [0.2, 0.25) is 0 Å². The summed E-state index contributed by atoms with van der Waals surface area (Å²) < 4.78 is 5.50. The Kier molecular flexibility index (Phi) is 3.45. The Labute approximate surface area is 107 Å². The molecular formula is C13H20N2OS. The second kappa shape index (κ2) is 5.04. The van der Waals surface area contributed by atoms with Gasteiger partial charge < -0.3 is 10.1 Å². The summed E-state index contributed by atoms with van der Waals surface area (Å²) in [5, 5.41) is 4.89. The van der Waals surface area contributed by atoms with Crippen LogP contribution in [-0.2, 0) is 11.2 Å². The fourth-order valence-electron chi connectivity index (χ4n) is 2.44. The molecule has 0 radical (unpaired) electrons. The van der Waals surface area contributed by atoms with E-state index in [1.54, 1.807) is 0 Å². The first-order valence-corrected chi connectivity index (χ1v) is 7.42. The summed E-state index contributed by atoms with van der Waals surface area (Å²) in [5.74, 6) is 0.767. The predicted molar refractivity (Wildman–Crippen MR) is 69.8 cm³/mol. The topological polar surface area (TPSA) is 34.1 Å². The average Bonchev–Trinajstić information content (AvgIpc) is 2.59. The Bertz CT molecular complexity index is 381. The molecule has 1 N–H and O–H groups in total. The minimum atomic E-state index is 0.483. The summed E-state index contributed by atoms with van der Waals surface area (Å²) in [5.41, 5.74) is 1.24. The van der Waals surface area contributed by atoms with E-state index in [9.17, 15) is 0 Å². The molecule has 0 bridgehead atoms. The first-order chi connectivity index (χ1) is 8.33. The van der Waals surface area contributed by atoms with Crippen molar-refractivity contribution in [2.45, 2.75) is 44.6 Å². The van der Waals surface area contributed by atoms with Crippen molar-refractivity contribution >= 4 is 11.3 Å². The van der Waals surface area contributed by atoms with E-state index >= 15 is 0 Å². The van der Waals surface area contributed by atoms with Crippen LogP contribution in [0.4, 0.5) is 0 Å². The number of hydrogen-bond donors (Lipinski definition) is 1. The van der Waals surface area contributed by atoms with E-state index in [0.717, 1.165) is 32.1 Å². The maximum atomic E-state index is 5.50. The number of rotatable bonds is 3. The first-order valence-electron chi connectivity index (χ1n) is 6.60. The normalized spacial score (nSPS) is 25.8. The number of nitrogens with one attached hydrogen (secondary N) is 1. The highest BCUT2D eigenvalue weighted by atomic mass is 32.1. The molecule has 2 aliphatic rings. The van der Waals surface area contributed by atoms with Crippen LogP contribution in [0, 0.1) is 6.92 Å². The van der Waals surface area contributed by atoms with Gasteiger partial charge in [0.25, 0.3) is 0 Å². The van der Waals surface area contributed by atoms with Crippen LogP contribution in [0.1, 0.15) is 40.8 Å². The second-order valence-electron chi connectivity index (χ2n) is 5.12. The number of nitrogens with zero attached hydrogens (tertiary/aromatic N) is 1. The lowest BCUT2D eigenvalue weighted by molar-refractivity contribution is 0.0772. The molecule has 17 heavy (non-hydrogen) atoms. The SMILES string of the molecule is Cc1nc(C2CCC2)sc1CC1COCCN1. The van der Waals surface area contributed by atoms with E-state index in [1.807, 2.05) is 11.3 Å². The number of morpholine rings is 1. The van der Waals surface area contributed by atoms with Crippen LogP contribution in [0.15, 0.2) is 0 Å². The molecule has 2 heterocycles. The molecule has 1 aromatic heterocycles. The predicted octanol–water partition coefficient (Wildman–Crippen LogP) is 2.25. The Balaban J connectivity index is 1.66. The minimum Gasteiger partial charge on any atom is -0.379 e. The Hall–Kier alpha value is -0.450. The zero-order chi connectivity index (χ0) is 11.7. The molecule has 1 aliphatic carbocycles. The summed E-state index contributed by atoms with van der Waals surface area (Å²) in [6.45, 7) is 4.83. The Morgan fingerprint density at radius 2 is 2.35 bits per heavy atom. The third-order valence-corrected chi connectivity index (χ3v) is 5.14. The minimum absolute atomic E-state index is 0.483. The van der Waals surface area contributed by atoms with Crippen molar-refractivity contribution in [3.8, 4) is 0 Å². The highest BCUT2D eigenvalue weighted by Gasteiger charge is 2.24. The van der Waals surface area contributed by atoms with Crippen LogP contribution in [0.5, 0.6) is 0 Å². The number of aromatic nitrogens is 1. The molecule has 2 fully saturated rings. The zero-order valence-corrected chi connectivity index (χ0v) is 11.2. The zero-order valence-electron chi connectivity index (χ0n) is 10.4. The van der Waals surface area contributed by atoms with Crippen molar-refractivity contribution < 1.29 is 4.74 Å². The molecule has 1 saturated carbocycles. The molecule has 1 aliphatic heterocycles. The molecule has 1 saturated heterocycles. The van der Waals surface area contributed by atoms with Crippen molar-refractivity contribution in [1.82, 2.24) is 10.3 Å². The fourth-order valence-corrected chi connectivity index (χ4v) is 3.76. The second-order valence-corrected chi connectivity index (χ2v) is 6.23. The molecular weight excluding hydrogens is 232 g/mol. The van der Waals surface area contributed by atoms with Crippen molar-refractivity contribution in [2.75, 3.05) is 19.8 Å². The maximum Gasteiger partial charge on any atom is 0.0961 e. The highest BCUT2D eigenvalue weighted by molar-refractivity contribution is 7.11. The average molecular weight is 252 g/mol. The van der Waals surface area contributed by atoms with E-state index in [1.165, 1.54) is 34.8 Å². The Morgan fingerprint density at radius 1 is 1.47 bits per heavy atom. The van der Waals surface area contributed by atoms with Gasteiger partial charge in [0, 0.05) is 29.8 Å². The number of aryl methyl sites for hydroxylation is 1. The van der Waals surface area contributed by atoms with Crippen molar-refractivity contribution in [3.05, 3.63) is 15.6 Å². The van der Waals surface area contributed by atoms with Crippen molar-refractivity contribution in [2.24, 2.45) is 0 Å². The molecule has 0 amide bonds. The van der Waals surface area contributed by atoms with Gasteiger partial charge in [0.05, 0.1) is 23.9 Å². The lowest BCUT2D eigenvalue weighted by atomic mass is 9.86. The molecule has 94 valence electrons. The fraction of sp³-hybridized carbons (Fsp3) is 0.769. The van der Waals surface area contributed by atoms with Gasteiger partial charge >= 0.3 is 0 Å². The van der Waals surface area contributed by atoms with E-state index in [4.69, 9.17) is 9.72 Å². The molecule has 3 nitrogen and oxygen atoms in total. The lowest BCUT2D eigenvalue weighted by Gasteiger charge is -2.23. The van der Waals surface area contributed by atoms with Crippen LogP contribution in [0.3, 0.4) is 0 Å². The van der Waals surface area contributed by atoms with E-state index in [-0.39, 0.29) is 0 Å². The van der Waals surface area contributed by atoms with Gasteiger partial charge in [-0.3, -0.25) is 0 Å².